The fourth-order valence-corrected chi connectivity index (χ4v) is 1.46. The van der Waals surface area contributed by atoms with Crippen LogP contribution in [0.2, 0.25) is 0 Å². The lowest BCUT2D eigenvalue weighted by Gasteiger charge is -2.08. The highest BCUT2D eigenvalue weighted by Crippen LogP contribution is 2.16. The van der Waals surface area contributed by atoms with E-state index in [1.165, 1.54) is 18.3 Å². The molecule has 0 spiro atoms. The van der Waals surface area contributed by atoms with Crippen LogP contribution in [0, 0.1) is 0 Å². The molecule has 0 radical (unpaired) electrons. The zero-order valence-electron chi connectivity index (χ0n) is 12.9. The average Bonchev–Trinajstić information content (AvgIpc) is 2.52. The molecule has 0 aliphatic carbocycles. The number of rotatable bonds is 9. The molecular formula is C14H21N3O6. The number of aromatic nitrogens is 1. The minimum absolute atomic E-state index is 0.00917. The summed E-state index contributed by atoms with van der Waals surface area (Å²) < 4.78 is 14.8. The van der Waals surface area contributed by atoms with E-state index in [-0.39, 0.29) is 18.2 Å². The average molecular weight is 327 g/mol. The molecule has 0 saturated heterocycles. The molecule has 1 aromatic rings. The molecule has 0 bridgehead atoms. The number of aliphatic hydroxyl groups is 1. The molecule has 0 aliphatic rings. The van der Waals surface area contributed by atoms with Crippen molar-refractivity contribution in [3.8, 4) is 11.6 Å². The summed E-state index contributed by atoms with van der Waals surface area (Å²) in [5, 5.41) is 13.6. The van der Waals surface area contributed by atoms with Gasteiger partial charge >= 0.3 is 12.2 Å². The van der Waals surface area contributed by atoms with Crippen LogP contribution in [0.15, 0.2) is 18.3 Å². The second-order valence-corrected chi connectivity index (χ2v) is 4.39. The molecule has 0 unspecified atom stereocenters. The van der Waals surface area contributed by atoms with E-state index < -0.39 is 12.2 Å². The Hall–Kier alpha value is -2.39. The number of nitrogens with one attached hydrogen (secondary N) is 2. The Morgan fingerprint density at radius 3 is 2.57 bits per heavy atom. The van der Waals surface area contributed by atoms with Crippen LogP contribution in [-0.2, 0) is 4.74 Å². The summed E-state index contributed by atoms with van der Waals surface area (Å²) in [6, 6.07) is 2.77. The first-order chi connectivity index (χ1) is 11.2. The van der Waals surface area contributed by atoms with Crippen molar-refractivity contribution < 1.29 is 28.9 Å². The lowest BCUT2D eigenvalue weighted by Crippen LogP contribution is -2.29. The first-order valence-corrected chi connectivity index (χ1v) is 7.13. The fourth-order valence-electron chi connectivity index (χ4n) is 1.46. The lowest BCUT2D eigenvalue weighted by molar-refractivity contribution is 0.185. The van der Waals surface area contributed by atoms with Gasteiger partial charge in [-0.15, -0.1) is 0 Å². The number of hydrogen-bond donors (Lipinski definition) is 3. The van der Waals surface area contributed by atoms with E-state index in [1.54, 1.807) is 7.11 Å². The number of nitrogens with zero attached hydrogens (tertiary/aromatic N) is 1. The van der Waals surface area contributed by atoms with E-state index in [4.69, 9.17) is 19.3 Å². The van der Waals surface area contributed by atoms with E-state index in [1.807, 2.05) is 0 Å². The lowest BCUT2D eigenvalue weighted by atomic mass is 10.4. The summed E-state index contributed by atoms with van der Waals surface area (Å²) in [5.74, 6) is 0.193. The van der Waals surface area contributed by atoms with Crippen LogP contribution < -0.4 is 20.1 Å². The van der Waals surface area contributed by atoms with Gasteiger partial charge in [-0.05, 0) is 18.9 Å². The summed E-state index contributed by atoms with van der Waals surface area (Å²) in [5.41, 5.74) is 0. The van der Waals surface area contributed by atoms with Crippen molar-refractivity contribution in [3.05, 3.63) is 18.3 Å². The van der Waals surface area contributed by atoms with Gasteiger partial charge < -0.3 is 30.0 Å². The van der Waals surface area contributed by atoms with E-state index in [9.17, 15) is 9.59 Å². The number of methoxy groups -OCH3 is 1. The van der Waals surface area contributed by atoms with Gasteiger partial charge in [0.25, 0.3) is 0 Å². The summed E-state index contributed by atoms with van der Waals surface area (Å²) in [6.45, 7) is 1.23. The fraction of sp³-hybridized carbons (Fsp3) is 0.500. The predicted octanol–water partition coefficient (Wildman–Crippen LogP) is 0.677. The normalized spacial score (nSPS) is 10.0. The number of carbonyl (C=O) groups is 2. The maximum atomic E-state index is 11.5. The van der Waals surface area contributed by atoms with E-state index in [2.05, 4.69) is 15.6 Å². The standard InChI is InChI=1S/C14H21N3O6/c1-21-9-3-6-17-14(20)23-12-10-11(4-7-15-12)22-13(19)16-5-2-8-18/h4,7,10,18H,2-3,5-6,8-9H2,1H3,(H,16,19)(H,17,20). The molecule has 2 amide bonds. The molecule has 0 fully saturated rings. The SMILES string of the molecule is COCCCNC(=O)Oc1cc(OC(=O)NCCCO)ccn1. The summed E-state index contributed by atoms with van der Waals surface area (Å²) in [7, 11) is 1.58. The number of hydrogen-bond acceptors (Lipinski definition) is 7. The molecule has 3 N–H and O–H groups in total. The molecule has 0 aromatic carbocycles. The van der Waals surface area contributed by atoms with Gasteiger partial charge in [0.1, 0.15) is 5.75 Å². The van der Waals surface area contributed by atoms with Crippen molar-refractivity contribution in [2.45, 2.75) is 12.8 Å². The minimum atomic E-state index is -0.667. The maximum absolute atomic E-state index is 11.5. The summed E-state index contributed by atoms with van der Waals surface area (Å²) in [6.07, 6.45) is 1.13. The highest BCUT2D eigenvalue weighted by atomic mass is 16.6. The first-order valence-electron chi connectivity index (χ1n) is 7.13. The van der Waals surface area contributed by atoms with Crippen molar-refractivity contribution in [2.75, 3.05) is 33.4 Å². The molecule has 9 nitrogen and oxygen atoms in total. The Balaban J connectivity index is 2.40. The zero-order chi connectivity index (χ0) is 16.9. The molecule has 0 saturated carbocycles. The van der Waals surface area contributed by atoms with Gasteiger partial charge in [-0.2, -0.15) is 0 Å². The molecular weight excluding hydrogens is 306 g/mol. The van der Waals surface area contributed by atoms with Crippen LogP contribution in [-0.4, -0.2) is 55.7 Å². The molecule has 0 aliphatic heterocycles. The van der Waals surface area contributed by atoms with E-state index >= 15 is 0 Å². The number of ether oxygens (including phenoxy) is 3. The third-order valence-corrected chi connectivity index (χ3v) is 2.51. The number of aliphatic hydroxyl groups excluding tert-OH is 1. The topological polar surface area (TPSA) is 119 Å². The Kier molecular flexibility index (Phi) is 9.10. The van der Waals surface area contributed by atoms with Gasteiger partial charge in [0, 0.05) is 45.7 Å². The van der Waals surface area contributed by atoms with Gasteiger partial charge in [-0.25, -0.2) is 14.6 Å². The van der Waals surface area contributed by atoms with E-state index in [0.29, 0.717) is 32.5 Å². The number of pyridine rings is 1. The smallest absolute Gasteiger partial charge is 0.410 e. The van der Waals surface area contributed by atoms with E-state index in [0.717, 1.165) is 0 Å². The summed E-state index contributed by atoms with van der Waals surface area (Å²) in [4.78, 5) is 26.8. The van der Waals surface area contributed by atoms with Crippen molar-refractivity contribution in [2.24, 2.45) is 0 Å². The third kappa shape index (κ3) is 8.59. The predicted molar refractivity (Wildman–Crippen MR) is 80.5 cm³/mol. The second-order valence-electron chi connectivity index (χ2n) is 4.39. The largest absolute Gasteiger partial charge is 0.413 e. The van der Waals surface area contributed by atoms with Crippen LogP contribution in [0.3, 0.4) is 0 Å². The highest BCUT2D eigenvalue weighted by Gasteiger charge is 2.08. The third-order valence-electron chi connectivity index (χ3n) is 2.51. The molecule has 9 heteroatoms. The Bertz CT molecular complexity index is 497. The number of carbonyl (C=O) groups excluding carboxylic acids is 2. The van der Waals surface area contributed by atoms with Crippen molar-refractivity contribution in [1.82, 2.24) is 15.6 Å². The zero-order valence-corrected chi connectivity index (χ0v) is 12.9. The van der Waals surface area contributed by atoms with Crippen molar-refractivity contribution >= 4 is 12.2 Å². The van der Waals surface area contributed by atoms with Gasteiger partial charge in [0.05, 0.1) is 0 Å². The molecule has 23 heavy (non-hydrogen) atoms. The molecule has 1 rings (SSSR count). The first kappa shape index (κ1) is 18.7. The van der Waals surface area contributed by atoms with Gasteiger partial charge in [0.2, 0.25) is 5.88 Å². The number of amides is 2. The van der Waals surface area contributed by atoms with Crippen LogP contribution in [0.1, 0.15) is 12.8 Å². The van der Waals surface area contributed by atoms with Crippen LogP contribution >= 0.6 is 0 Å². The van der Waals surface area contributed by atoms with Gasteiger partial charge in [-0.3, -0.25) is 0 Å². The second kappa shape index (κ2) is 11.2. The Labute approximate surface area is 133 Å². The van der Waals surface area contributed by atoms with Crippen molar-refractivity contribution in [3.63, 3.8) is 0 Å². The molecule has 1 aromatic heterocycles. The van der Waals surface area contributed by atoms with Crippen LogP contribution in [0.4, 0.5) is 9.59 Å². The summed E-state index contributed by atoms with van der Waals surface area (Å²) >= 11 is 0. The van der Waals surface area contributed by atoms with Gasteiger partial charge in [0.15, 0.2) is 0 Å². The minimum Gasteiger partial charge on any atom is -0.410 e. The quantitative estimate of drug-likeness (QED) is 0.570. The van der Waals surface area contributed by atoms with Gasteiger partial charge in [-0.1, -0.05) is 0 Å². The monoisotopic (exact) mass is 327 g/mol. The Morgan fingerprint density at radius 2 is 1.87 bits per heavy atom. The van der Waals surface area contributed by atoms with Crippen LogP contribution in [0.25, 0.3) is 0 Å². The maximum Gasteiger partial charge on any atom is 0.413 e. The molecule has 128 valence electrons. The van der Waals surface area contributed by atoms with Crippen LogP contribution in [0.5, 0.6) is 11.6 Å². The molecule has 1 heterocycles. The highest BCUT2D eigenvalue weighted by molar-refractivity contribution is 5.71. The Morgan fingerprint density at radius 1 is 1.17 bits per heavy atom. The molecule has 0 atom stereocenters. The van der Waals surface area contributed by atoms with Crippen molar-refractivity contribution in [1.29, 1.82) is 0 Å².